The smallest absolute Gasteiger partial charge is 0.305 e. The molecular weight excluding hydrogens is 839 g/mol. The van der Waals surface area contributed by atoms with Crippen LogP contribution >= 0.6 is 0 Å². The van der Waals surface area contributed by atoms with Crippen LogP contribution in [0.25, 0.3) is 0 Å². The van der Waals surface area contributed by atoms with E-state index in [2.05, 4.69) is 43.5 Å². The van der Waals surface area contributed by atoms with Crippen LogP contribution in [0, 0.1) is 0 Å². The summed E-state index contributed by atoms with van der Waals surface area (Å²) in [5.74, 6) is -0.0391. The number of nitrogens with one attached hydrogen (secondary N) is 1. The zero-order valence-corrected chi connectivity index (χ0v) is 45.9. The van der Waals surface area contributed by atoms with Gasteiger partial charge in [0.15, 0.2) is 0 Å². The number of esters is 1. The molecule has 402 valence electrons. The van der Waals surface area contributed by atoms with Gasteiger partial charge in [-0.3, -0.25) is 9.59 Å². The summed E-state index contributed by atoms with van der Waals surface area (Å²) in [6, 6.07) is -0.547. The highest BCUT2D eigenvalue weighted by Gasteiger charge is 2.20. The van der Waals surface area contributed by atoms with Crippen molar-refractivity contribution in [1.29, 1.82) is 0 Å². The lowest BCUT2D eigenvalue weighted by atomic mass is 10.0. The van der Waals surface area contributed by atoms with Crippen molar-refractivity contribution in [3.63, 3.8) is 0 Å². The van der Waals surface area contributed by atoms with Gasteiger partial charge in [0.1, 0.15) is 0 Å². The van der Waals surface area contributed by atoms with Crippen LogP contribution in [-0.2, 0) is 14.3 Å². The number of aliphatic hydroxyl groups excluding tert-OH is 2. The van der Waals surface area contributed by atoms with Crippen LogP contribution in [0.4, 0.5) is 0 Å². The van der Waals surface area contributed by atoms with Crippen molar-refractivity contribution in [3.05, 3.63) is 24.3 Å². The van der Waals surface area contributed by atoms with Crippen LogP contribution in [-0.4, -0.2) is 47.4 Å². The Hall–Kier alpha value is -1.66. The average Bonchev–Trinajstić information content (AvgIpc) is 3.34. The Balaban J connectivity index is 3.41. The summed E-state index contributed by atoms with van der Waals surface area (Å²) in [5.41, 5.74) is 0. The summed E-state index contributed by atoms with van der Waals surface area (Å²) in [6.45, 7) is 4.95. The summed E-state index contributed by atoms with van der Waals surface area (Å²) in [4.78, 5) is 24.5. The Labute approximate surface area is 424 Å². The van der Waals surface area contributed by atoms with E-state index in [0.717, 1.165) is 44.9 Å². The first-order valence-corrected chi connectivity index (χ1v) is 30.6. The molecule has 2 atom stereocenters. The molecule has 0 aromatic heterocycles. The first-order chi connectivity index (χ1) is 33.5. The molecule has 0 aliphatic heterocycles. The number of carbonyl (C=O) groups excluding carboxylic acids is 2. The number of hydrogen-bond acceptors (Lipinski definition) is 5. The van der Waals surface area contributed by atoms with Crippen molar-refractivity contribution in [2.24, 2.45) is 0 Å². The summed E-state index contributed by atoms with van der Waals surface area (Å²) in [7, 11) is 0. The van der Waals surface area contributed by atoms with E-state index in [1.807, 2.05) is 0 Å². The second kappa shape index (κ2) is 57.9. The molecule has 0 bridgehead atoms. The number of rotatable bonds is 57. The third-order valence-electron chi connectivity index (χ3n) is 14.2. The maximum atomic E-state index is 12.5. The normalized spacial score (nSPS) is 12.7. The van der Waals surface area contributed by atoms with Crippen molar-refractivity contribution in [1.82, 2.24) is 5.32 Å². The molecule has 0 spiro atoms. The summed E-state index contributed by atoms with van der Waals surface area (Å²) in [5, 5.41) is 23.3. The number of hydrogen-bond donors (Lipinski definition) is 3. The van der Waals surface area contributed by atoms with E-state index in [4.69, 9.17) is 4.74 Å². The van der Waals surface area contributed by atoms with Crippen molar-refractivity contribution in [2.45, 2.75) is 347 Å². The fourth-order valence-corrected chi connectivity index (χ4v) is 9.51. The van der Waals surface area contributed by atoms with Gasteiger partial charge < -0.3 is 20.3 Å². The standard InChI is InChI=1S/C62H119NO5/c1-3-5-7-9-11-13-15-17-19-24-28-32-36-40-44-48-52-56-62(67)68-57-53-49-45-41-37-33-29-26-23-21-20-22-25-27-31-35-39-43-47-51-55-61(66)63-59(58-64)60(65)54-50-46-42-38-34-30-18-16-14-12-10-8-6-4-2/h17,19-20,22,59-60,64-65H,3-16,18,21,23-58H2,1-2H3,(H,63,66)/b19-17-,22-20-. The quantitative estimate of drug-likeness (QED) is 0.0321. The van der Waals surface area contributed by atoms with Gasteiger partial charge in [0.2, 0.25) is 5.91 Å². The molecule has 0 aromatic carbocycles. The van der Waals surface area contributed by atoms with Crippen molar-refractivity contribution < 1.29 is 24.5 Å². The van der Waals surface area contributed by atoms with Crippen molar-refractivity contribution >= 4 is 11.9 Å². The minimum atomic E-state index is -0.669. The van der Waals surface area contributed by atoms with Crippen LogP contribution in [0.1, 0.15) is 335 Å². The molecule has 0 aromatic rings. The highest BCUT2D eigenvalue weighted by atomic mass is 16.5. The Morgan fingerprint density at radius 1 is 0.397 bits per heavy atom. The molecule has 6 heteroatoms. The van der Waals surface area contributed by atoms with Gasteiger partial charge >= 0.3 is 5.97 Å². The summed E-state index contributed by atoms with van der Waals surface area (Å²) < 4.78 is 5.49. The number of ether oxygens (including phenoxy) is 1. The Morgan fingerprint density at radius 2 is 0.691 bits per heavy atom. The van der Waals surface area contributed by atoms with Gasteiger partial charge in [-0.25, -0.2) is 0 Å². The third-order valence-corrected chi connectivity index (χ3v) is 14.2. The number of carbonyl (C=O) groups is 2. The van der Waals surface area contributed by atoms with E-state index in [1.165, 1.54) is 257 Å². The minimum Gasteiger partial charge on any atom is -0.466 e. The first kappa shape index (κ1) is 66.3. The Morgan fingerprint density at radius 3 is 1.04 bits per heavy atom. The lowest BCUT2D eigenvalue weighted by molar-refractivity contribution is -0.143. The second-order valence-electron chi connectivity index (χ2n) is 21.0. The van der Waals surface area contributed by atoms with E-state index in [0.29, 0.717) is 25.9 Å². The topological polar surface area (TPSA) is 95.9 Å². The molecule has 0 rings (SSSR count). The number of allylic oxidation sites excluding steroid dienone is 4. The molecule has 2 unspecified atom stereocenters. The SMILES string of the molecule is CCCCCCCC/C=C\CCCCCCCCCC(=O)OCCCCCCCCCCC/C=C\CCCCCCCCCC(=O)NC(CO)C(O)CCCCCCCCCCCCCCCC. The van der Waals surface area contributed by atoms with Gasteiger partial charge in [-0.15, -0.1) is 0 Å². The predicted molar refractivity (Wildman–Crippen MR) is 296 cm³/mol. The van der Waals surface area contributed by atoms with Crippen LogP contribution in [0.5, 0.6) is 0 Å². The van der Waals surface area contributed by atoms with Gasteiger partial charge in [0.25, 0.3) is 0 Å². The summed E-state index contributed by atoms with van der Waals surface area (Å²) >= 11 is 0. The van der Waals surface area contributed by atoms with Gasteiger partial charge in [0, 0.05) is 12.8 Å². The van der Waals surface area contributed by atoms with Crippen LogP contribution < -0.4 is 5.32 Å². The number of amides is 1. The van der Waals surface area contributed by atoms with Crippen LogP contribution in [0.15, 0.2) is 24.3 Å². The summed E-state index contributed by atoms with van der Waals surface area (Å²) in [6.07, 6.45) is 70.3. The third kappa shape index (κ3) is 53.7. The molecule has 0 radical (unpaired) electrons. The Bertz CT molecular complexity index is 1060. The zero-order valence-electron chi connectivity index (χ0n) is 45.9. The highest BCUT2D eigenvalue weighted by Crippen LogP contribution is 2.17. The molecule has 0 aliphatic carbocycles. The van der Waals surface area contributed by atoms with Gasteiger partial charge in [-0.2, -0.15) is 0 Å². The monoisotopic (exact) mass is 958 g/mol. The highest BCUT2D eigenvalue weighted by molar-refractivity contribution is 5.76. The van der Waals surface area contributed by atoms with Crippen LogP contribution in [0.2, 0.25) is 0 Å². The molecule has 68 heavy (non-hydrogen) atoms. The first-order valence-electron chi connectivity index (χ1n) is 30.6. The van der Waals surface area contributed by atoms with Gasteiger partial charge in [-0.05, 0) is 77.0 Å². The van der Waals surface area contributed by atoms with Crippen molar-refractivity contribution in [3.8, 4) is 0 Å². The molecular formula is C62H119NO5. The largest absolute Gasteiger partial charge is 0.466 e. The van der Waals surface area contributed by atoms with E-state index in [9.17, 15) is 19.8 Å². The average molecular weight is 959 g/mol. The fraction of sp³-hybridized carbons (Fsp3) is 0.903. The maximum Gasteiger partial charge on any atom is 0.305 e. The Kier molecular flexibility index (Phi) is 56.5. The molecule has 0 heterocycles. The second-order valence-corrected chi connectivity index (χ2v) is 21.0. The molecule has 6 nitrogen and oxygen atoms in total. The molecule has 1 amide bonds. The van der Waals surface area contributed by atoms with E-state index >= 15 is 0 Å². The number of aliphatic hydroxyl groups is 2. The lowest BCUT2D eigenvalue weighted by Crippen LogP contribution is -2.45. The molecule has 0 saturated carbocycles. The molecule has 0 aliphatic rings. The van der Waals surface area contributed by atoms with E-state index < -0.39 is 12.1 Å². The number of unbranched alkanes of at least 4 members (excludes halogenated alkanes) is 42. The van der Waals surface area contributed by atoms with Crippen molar-refractivity contribution in [2.75, 3.05) is 13.2 Å². The minimum absolute atomic E-state index is 0.00326. The van der Waals surface area contributed by atoms with Gasteiger partial charge in [0.05, 0.1) is 25.4 Å². The maximum absolute atomic E-state index is 12.5. The fourth-order valence-electron chi connectivity index (χ4n) is 9.51. The molecule has 0 fully saturated rings. The molecule has 0 saturated heterocycles. The zero-order chi connectivity index (χ0) is 49.3. The molecule has 3 N–H and O–H groups in total. The lowest BCUT2D eigenvalue weighted by Gasteiger charge is -2.22. The van der Waals surface area contributed by atoms with Gasteiger partial charge in [-0.1, -0.05) is 269 Å². The van der Waals surface area contributed by atoms with Crippen LogP contribution in [0.3, 0.4) is 0 Å². The predicted octanol–water partition coefficient (Wildman–Crippen LogP) is 19.0. The van der Waals surface area contributed by atoms with E-state index in [-0.39, 0.29) is 18.5 Å². The van der Waals surface area contributed by atoms with E-state index in [1.54, 1.807) is 0 Å².